The van der Waals surface area contributed by atoms with E-state index in [0.717, 1.165) is 31.3 Å². The number of nitrogens with one attached hydrogen (secondary N) is 1. The van der Waals surface area contributed by atoms with Crippen molar-refractivity contribution in [1.29, 1.82) is 0 Å². The SMILES string of the molecule is O=C(/C=C1/CCC(C2=NC(c3ccc(OC(F)(F)F)cc3)NO2)C1)C1C=CC(Cl)CC1. The fraction of sp³-hybridized carbons (Fsp3) is 0.455. The van der Waals surface area contributed by atoms with Crippen LogP contribution in [0, 0.1) is 11.8 Å². The second-order valence-corrected chi connectivity index (χ2v) is 8.50. The summed E-state index contributed by atoms with van der Waals surface area (Å²) in [7, 11) is 0. The number of carbonyl (C=O) groups is 1. The summed E-state index contributed by atoms with van der Waals surface area (Å²) in [6.07, 6.45) is 4.23. The maximum Gasteiger partial charge on any atom is 0.573 e. The number of benzene rings is 1. The zero-order chi connectivity index (χ0) is 22.0. The third-order valence-corrected chi connectivity index (χ3v) is 6.01. The van der Waals surface area contributed by atoms with Gasteiger partial charge in [0.1, 0.15) is 5.75 Å². The van der Waals surface area contributed by atoms with Gasteiger partial charge in [-0.15, -0.1) is 30.3 Å². The summed E-state index contributed by atoms with van der Waals surface area (Å²) in [5.74, 6) is 0.348. The molecule has 1 aromatic rings. The van der Waals surface area contributed by atoms with Gasteiger partial charge in [0.15, 0.2) is 11.9 Å². The molecule has 0 amide bonds. The monoisotopic (exact) mass is 454 g/mol. The lowest BCUT2D eigenvalue weighted by atomic mass is 9.91. The van der Waals surface area contributed by atoms with E-state index in [9.17, 15) is 18.0 Å². The largest absolute Gasteiger partial charge is 0.573 e. The highest BCUT2D eigenvalue weighted by Crippen LogP contribution is 2.35. The molecule has 4 atom stereocenters. The molecule has 1 saturated carbocycles. The summed E-state index contributed by atoms with van der Waals surface area (Å²) in [6, 6.07) is 5.50. The van der Waals surface area contributed by atoms with Crippen molar-refractivity contribution >= 4 is 23.3 Å². The summed E-state index contributed by atoms with van der Waals surface area (Å²) < 4.78 is 40.7. The molecule has 3 aliphatic rings. The van der Waals surface area contributed by atoms with E-state index in [2.05, 4.69) is 15.2 Å². The molecule has 4 rings (SSSR count). The maximum atomic E-state index is 12.5. The number of hydroxylamine groups is 1. The standard InChI is InChI=1S/C22H22ClF3N2O3/c23-17-7-3-14(4-8-17)19(29)12-13-1-2-16(11-13)21-27-20(28-31-21)15-5-9-18(10-6-15)30-22(24,25)26/h3,5-7,9-10,12,14,16-17,20,28H,1-2,4,8,11H2/b13-12-. The van der Waals surface area contributed by atoms with Crippen molar-refractivity contribution in [3.8, 4) is 5.75 Å². The van der Waals surface area contributed by atoms with Crippen LogP contribution in [0.15, 0.2) is 53.1 Å². The predicted octanol–water partition coefficient (Wildman–Crippen LogP) is 5.39. The van der Waals surface area contributed by atoms with E-state index < -0.39 is 12.5 Å². The Kier molecular flexibility index (Phi) is 6.39. The summed E-state index contributed by atoms with van der Waals surface area (Å²) >= 11 is 6.04. The number of carbonyl (C=O) groups excluding carboxylic acids is 1. The first-order chi connectivity index (χ1) is 14.8. The number of rotatable bonds is 5. The highest BCUT2D eigenvalue weighted by Gasteiger charge is 2.33. The summed E-state index contributed by atoms with van der Waals surface area (Å²) in [4.78, 5) is 22.6. The molecular formula is C22H22ClF3N2O3. The van der Waals surface area contributed by atoms with Crippen molar-refractivity contribution < 1.29 is 27.5 Å². The van der Waals surface area contributed by atoms with Crippen molar-refractivity contribution in [2.45, 2.75) is 50.0 Å². The molecule has 5 nitrogen and oxygen atoms in total. The second kappa shape index (κ2) is 9.04. The van der Waals surface area contributed by atoms with E-state index >= 15 is 0 Å². The van der Waals surface area contributed by atoms with Crippen LogP contribution in [0.25, 0.3) is 0 Å². The van der Waals surface area contributed by atoms with Gasteiger partial charge < -0.3 is 9.57 Å². The van der Waals surface area contributed by atoms with Crippen molar-refractivity contribution in [2.24, 2.45) is 16.8 Å². The minimum absolute atomic E-state index is 0.0129. The quantitative estimate of drug-likeness (QED) is 0.368. The molecule has 0 saturated heterocycles. The molecule has 9 heteroatoms. The molecule has 31 heavy (non-hydrogen) atoms. The Morgan fingerprint density at radius 2 is 1.97 bits per heavy atom. The molecule has 1 aromatic carbocycles. The van der Waals surface area contributed by atoms with Gasteiger partial charge in [0.2, 0.25) is 5.90 Å². The molecule has 1 heterocycles. The van der Waals surface area contributed by atoms with Crippen LogP contribution < -0.4 is 10.2 Å². The van der Waals surface area contributed by atoms with Crippen LogP contribution in [0.5, 0.6) is 5.75 Å². The lowest BCUT2D eigenvalue weighted by molar-refractivity contribution is -0.274. The smallest absolute Gasteiger partial charge is 0.406 e. The van der Waals surface area contributed by atoms with Gasteiger partial charge in [-0.1, -0.05) is 29.9 Å². The first kappa shape index (κ1) is 21.9. The Morgan fingerprint density at radius 1 is 1.19 bits per heavy atom. The maximum absolute atomic E-state index is 12.5. The molecule has 0 bridgehead atoms. The fourth-order valence-corrected chi connectivity index (χ4v) is 4.24. The van der Waals surface area contributed by atoms with Crippen LogP contribution in [0.1, 0.15) is 43.8 Å². The number of allylic oxidation sites excluding steroid dienone is 4. The van der Waals surface area contributed by atoms with Gasteiger partial charge >= 0.3 is 6.36 Å². The molecule has 0 spiro atoms. The van der Waals surface area contributed by atoms with E-state index in [1.165, 1.54) is 24.3 Å². The van der Waals surface area contributed by atoms with E-state index in [0.29, 0.717) is 17.9 Å². The predicted molar refractivity (Wildman–Crippen MR) is 109 cm³/mol. The number of hydrogen-bond acceptors (Lipinski definition) is 5. The molecule has 0 aromatic heterocycles. The average Bonchev–Trinajstić information content (AvgIpc) is 3.37. The van der Waals surface area contributed by atoms with Gasteiger partial charge in [0.05, 0.1) is 5.38 Å². The van der Waals surface area contributed by atoms with Crippen LogP contribution in [-0.4, -0.2) is 23.4 Å². The molecule has 1 aliphatic heterocycles. The van der Waals surface area contributed by atoms with Crippen molar-refractivity contribution in [3.63, 3.8) is 0 Å². The number of hydrogen-bond donors (Lipinski definition) is 1. The highest BCUT2D eigenvalue weighted by atomic mass is 35.5. The third-order valence-electron chi connectivity index (χ3n) is 5.65. The zero-order valence-corrected chi connectivity index (χ0v) is 17.3. The summed E-state index contributed by atoms with van der Waals surface area (Å²) in [6.45, 7) is 0. The van der Waals surface area contributed by atoms with Crippen LogP contribution in [0.4, 0.5) is 13.2 Å². The van der Waals surface area contributed by atoms with Crippen LogP contribution in [-0.2, 0) is 9.63 Å². The average molecular weight is 455 g/mol. The van der Waals surface area contributed by atoms with Gasteiger partial charge in [0, 0.05) is 11.8 Å². The van der Waals surface area contributed by atoms with Gasteiger partial charge in [-0.05, 0) is 55.9 Å². The Bertz CT molecular complexity index is 912. The second-order valence-electron chi connectivity index (χ2n) is 7.94. The highest BCUT2D eigenvalue weighted by molar-refractivity contribution is 6.21. The van der Waals surface area contributed by atoms with Crippen LogP contribution in [0.3, 0.4) is 0 Å². The Morgan fingerprint density at radius 3 is 2.65 bits per heavy atom. The Balaban J connectivity index is 1.35. The zero-order valence-electron chi connectivity index (χ0n) is 16.6. The number of aliphatic imine (C=N–C) groups is 1. The first-order valence-electron chi connectivity index (χ1n) is 10.2. The van der Waals surface area contributed by atoms with Crippen molar-refractivity contribution in [2.75, 3.05) is 0 Å². The number of ether oxygens (including phenoxy) is 1. The molecule has 2 aliphatic carbocycles. The lowest BCUT2D eigenvalue weighted by Gasteiger charge is -2.16. The van der Waals surface area contributed by atoms with Gasteiger partial charge in [-0.2, -0.15) is 0 Å². The fourth-order valence-electron chi connectivity index (χ4n) is 4.03. The number of halogens is 4. The summed E-state index contributed by atoms with van der Waals surface area (Å²) in [5.41, 5.74) is 4.55. The van der Waals surface area contributed by atoms with E-state index in [4.69, 9.17) is 16.4 Å². The normalized spacial score (nSPS) is 29.7. The molecule has 1 N–H and O–H groups in total. The van der Waals surface area contributed by atoms with Gasteiger partial charge in [-0.3, -0.25) is 4.79 Å². The summed E-state index contributed by atoms with van der Waals surface area (Å²) in [5, 5.41) is 0.0129. The topological polar surface area (TPSA) is 59.9 Å². The van der Waals surface area contributed by atoms with E-state index in [-0.39, 0.29) is 28.7 Å². The van der Waals surface area contributed by atoms with E-state index in [1.807, 2.05) is 12.2 Å². The molecule has 1 fully saturated rings. The minimum atomic E-state index is -4.73. The van der Waals surface area contributed by atoms with Crippen molar-refractivity contribution in [3.05, 3.63) is 53.6 Å². The van der Waals surface area contributed by atoms with Crippen LogP contribution in [0.2, 0.25) is 0 Å². The number of ketones is 1. The molecular weight excluding hydrogens is 433 g/mol. The Labute approximate surface area is 182 Å². The van der Waals surface area contributed by atoms with Crippen molar-refractivity contribution in [1.82, 2.24) is 5.48 Å². The molecule has 4 unspecified atom stereocenters. The molecule has 0 radical (unpaired) electrons. The molecule has 166 valence electrons. The van der Waals surface area contributed by atoms with E-state index in [1.54, 1.807) is 6.08 Å². The van der Waals surface area contributed by atoms with Gasteiger partial charge in [-0.25, -0.2) is 4.99 Å². The minimum Gasteiger partial charge on any atom is -0.406 e. The Hall–Kier alpha value is -2.32. The lowest BCUT2D eigenvalue weighted by Crippen LogP contribution is -2.18. The van der Waals surface area contributed by atoms with Gasteiger partial charge in [0.25, 0.3) is 0 Å². The number of nitrogens with zero attached hydrogens (tertiary/aromatic N) is 1. The third kappa shape index (κ3) is 5.68. The van der Waals surface area contributed by atoms with Crippen LogP contribution >= 0.6 is 11.6 Å². The first-order valence-corrected chi connectivity index (χ1v) is 10.6. The number of alkyl halides is 4.